The summed E-state index contributed by atoms with van der Waals surface area (Å²) in [6.07, 6.45) is 4.88. The Morgan fingerprint density at radius 1 is 1.19 bits per heavy atom. The average Bonchev–Trinajstić information content (AvgIpc) is 3.38. The third kappa shape index (κ3) is 3.63. The van der Waals surface area contributed by atoms with Crippen molar-refractivity contribution >= 4 is 5.91 Å². The third-order valence-corrected chi connectivity index (χ3v) is 4.62. The highest BCUT2D eigenvalue weighted by molar-refractivity contribution is 5.78. The Kier molecular flexibility index (Phi) is 4.56. The van der Waals surface area contributed by atoms with Crippen molar-refractivity contribution in [2.24, 2.45) is 5.73 Å². The first kappa shape index (κ1) is 14.5. The first-order valence-electron chi connectivity index (χ1n) is 8.05. The van der Waals surface area contributed by atoms with Crippen LogP contribution < -0.4 is 5.73 Å². The number of amides is 1. The van der Waals surface area contributed by atoms with Gasteiger partial charge in [0.2, 0.25) is 5.91 Å². The zero-order valence-electron chi connectivity index (χ0n) is 12.6. The van der Waals surface area contributed by atoms with Gasteiger partial charge in [-0.1, -0.05) is 30.3 Å². The van der Waals surface area contributed by atoms with E-state index in [0.29, 0.717) is 12.1 Å². The van der Waals surface area contributed by atoms with Gasteiger partial charge in [0.05, 0.1) is 6.54 Å². The van der Waals surface area contributed by atoms with Crippen molar-refractivity contribution in [3.8, 4) is 0 Å². The summed E-state index contributed by atoms with van der Waals surface area (Å²) in [5.41, 5.74) is 6.88. The number of likely N-dealkylation sites (tertiary alicyclic amines) is 1. The third-order valence-electron chi connectivity index (χ3n) is 4.62. The van der Waals surface area contributed by atoms with E-state index in [1.54, 1.807) is 0 Å². The van der Waals surface area contributed by atoms with E-state index >= 15 is 0 Å². The van der Waals surface area contributed by atoms with Gasteiger partial charge in [-0.15, -0.1) is 0 Å². The quantitative estimate of drug-likeness (QED) is 0.895. The molecule has 0 aromatic heterocycles. The lowest BCUT2D eigenvalue weighted by atomic mass is 10.0. The fourth-order valence-corrected chi connectivity index (χ4v) is 3.34. The van der Waals surface area contributed by atoms with Gasteiger partial charge in [-0.3, -0.25) is 9.69 Å². The molecule has 0 unspecified atom stereocenters. The summed E-state index contributed by atoms with van der Waals surface area (Å²) in [5, 5.41) is 0. The zero-order chi connectivity index (χ0) is 14.7. The first-order chi connectivity index (χ1) is 10.3. The van der Waals surface area contributed by atoms with Crippen molar-refractivity contribution in [2.75, 3.05) is 19.6 Å². The molecule has 1 amide bonds. The van der Waals surface area contributed by atoms with Crippen LogP contribution in [0.1, 0.15) is 31.2 Å². The lowest BCUT2D eigenvalue weighted by Crippen LogP contribution is -2.51. The summed E-state index contributed by atoms with van der Waals surface area (Å²) >= 11 is 0. The maximum Gasteiger partial charge on any atom is 0.236 e. The Balaban J connectivity index is 1.67. The van der Waals surface area contributed by atoms with E-state index in [0.717, 1.165) is 26.1 Å². The molecule has 1 saturated carbocycles. The molecule has 4 heteroatoms. The summed E-state index contributed by atoms with van der Waals surface area (Å²) in [5.74, 6) is 0.0927. The minimum Gasteiger partial charge on any atom is -0.340 e. The lowest BCUT2D eigenvalue weighted by molar-refractivity contribution is -0.131. The van der Waals surface area contributed by atoms with E-state index in [2.05, 4.69) is 35.2 Å². The number of hydrogen-bond acceptors (Lipinski definition) is 3. The number of hydrogen-bond donors (Lipinski definition) is 1. The highest BCUT2D eigenvalue weighted by Crippen LogP contribution is 2.32. The van der Waals surface area contributed by atoms with Crippen LogP contribution in [0.4, 0.5) is 0 Å². The van der Waals surface area contributed by atoms with Crippen molar-refractivity contribution in [3.63, 3.8) is 0 Å². The smallest absolute Gasteiger partial charge is 0.236 e. The van der Waals surface area contributed by atoms with E-state index in [1.165, 1.54) is 24.8 Å². The van der Waals surface area contributed by atoms with Crippen LogP contribution in [0.15, 0.2) is 30.3 Å². The molecule has 0 spiro atoms. The van der Waals surface area contributed by atoms with Crippen LogP contribution in [-0.2, 0) is 11.3 Å². The van der Waals surface area contributed by atoms with Gasteiger partial charge in [0, 0.05) is 31.7 Å². The summed E-state index contributed by atoms with van der Waals surface area (Å²) in [4.78, 5) is 16.4. The standard InChI is InChI=1S/C17H25N3O/c18-11-17(21)19-10-4-7-16(13-19)20(15-8-9-15)12-14-5-2-1-3-6-14/h1-3,5-6,15-16H,4,7-13,18H2/t16-/m0/s1. The number of rotatable bonds is 5. The van der Waals surface area contributed by atoms with Gasteiger partial charge in [0.25, 0.3) is 0 Å². The van der Waals surface area contributed by atoms with Gasteiger partial charge in [0.1, 0.15) is 0 Å². The van der Waals surface area contributed by atoms with Gasteiger partial charge < -0.3 is 10.6 Å². The van der Waals surface area contributed by atoms with Crippen LogP contribution in [0.3, 0.4) is 0 Å². The summed E-state index contributed by atoms with van der Waals surface area (Å²) in [7, 11) is 0. The summed E-state index contributed by atoms with van der Waals surface area (Å²) in [6, 6.07) is 11.9. The number of carbonyl (C=O) groups excluding carboxylic acids is 1. The molecule has 0 bridgehead atoms. The highest BCUT2D eigenvalue weighted by Gasteiger charge is 2.36. The molecule has 0 radical (unpaired) electrons. The van der Waals surface area contributed by atoms with E-state index in [9.17, 15) is 4.79 Å². The summed E-state index contributed by atoms with van der Waals surface area (Å²) < 4.78 is 0. The molecule has 3 rings (SSSR count). The van der Waals surface area contributed by atoms with Crippen molar-refractivity contribution in [1.29, 1.82) is 0 Å². The van der Waals surface area contributed by atoms with Crippen LogP contribution in [-0.4, -0.2) is 47.4 Å². The molecule has 2 fully saturated rings. The van der Waals surface area contributed by atoms with Crippen molar-refractivity contribution < 1.29 is 4.79 Å². The van der Waals surface area contributed by atoms with Crippen LogP contribution in [0.2, 0.25) is 0 Å². The lowest BCUT2D eigenvalue weighted by Gasteiger charge is -2.39. The fraction of sp³-hybridized carbons (Fsp3) is 0.588. The largest absolute Gasteiger partial charge is 0.340 e. The van der Waals surface area contributed by atoms with Crippen LogP contribution in [0.25, 0.3) is 0 Å². The number of benzene rings is 1. The molecule has 1 atom stereocenters. The van der Waals surface area contributed by atoms with Gasteiger partial charge >= 0.3 is 0 Å². The number of piperidine rings is 1. The molecule has 114 valence electrons. The fourth-order valence-electron chi connectivity index (χ4n) is 3.34. The normalized spacial score (nSPS) is 22.6. The molecule has 21 heavy (non-hydrogen) atoms. The second kappa shape index (κ2) is 6.58. The van der Waals surface area contributed by atoms with Crippen molar-refractivity contribution in [3.05, 3.63) is 35.9 Å². The van der Waals surface area contributed by atoms with Crippen molar-refractivity contribution in [1.82, 2.24) is 9.80 Å². The molecule has 1 aromatic rings. The van der Waals surface area contributed by atoms with E-state index < -0.39 is 0 Å². The predicted octanol–water partition coefficient (Wildman–Crippen LogP) is 1.60. The monoisotopic (exact) mass is 287 g/mol. The molecule has 1 saturated heterocycles. The first-order valence-corrected chi connectivity index (χ1v) is 8.05. The predicted molar refractivity (Wildman–Crippen MR) is 83.7 cm³/mol. The van der Waals surface area contributed by atoms with Crippen molar-refractivity contribution in [2.45, 2.75) is 44.3 Å². The zero-order valence-corrected chi connectivity index (χ0v) is 12.6. The Morgan fingerprint density at radius 3 is 2.62 bits per heavy atom. The van der Waals surface area contributed by atoms with Crippen LogP contribution in [0.5, 0.6) is 0 Å². The molecule has 1 aliphatic heterocycles. The molecular formula is C17H25N3O. The molecule has 2 aliphatic rings. The average molecular weight is 287 g/mol. The van der Waals surface area contributed by atoms with Gasteiger partial charge in [-0.05, 0) is 31.2 Å². The van der Waals surface area contributed by atoms with Crippen LogP contribution >= 0.6 is 0 Å². The number of nitrogens with zero attached hydrogens (tertiary/aromatic N) is 2. The minimum absolute atomic E-state index is 0.0927. The van der Waals surface area contributed by atoms with E-state index in [-0.39, 0.29) is 12.5 Å². The van der Waals surface area contributed by atoms with Gasteiger partial charge in [-0.25, -0.2) is 0 Å². The Hall–Kier alpha value is -1.39. The highest BCUT2D eigenvalue weighted by atomic mass is 16.2. The Morgan fingerprint density at radius 2 is 1.95 bits per heavy atom. The molecule has 1 heterocycles. The number of carbonyl (C=O) groups is 1. The second-order valence-electron chi connectivity index (χ2n) is 6.23. The molecule has 4 nitrogen and oxygen atoms in total. The van der Waals surface area contributed by atoms with Gasteiger partial charge in [0.15, 0.2) is 0 Å². The SMILES string of the molecule is NCC(=O)N1CCC[C@H](N(Cc2ccccc2)C2CC2)C1. The maximum atomic E-state index is 11.9. The molecule has 2 N–H and O–H groups in total. The topological polar surface area (TPSA) is 49.6 Å². The maximum absolute atomic E-state index is 11.9. The molecule has 1 aliphatic carbocycles. The molecular weight excluding hydrogens is 262 g/mol. The molecule has 1 aromatic carbocycles. The van der Waals surface area contributed by atoms with Crippen LogP contribution in [0, 0.1) is 0 Å². The summed E-state index contributed by atoms with van der Waals surface area (Å²) in [6.45, 7) is 2.85. The Labute approximate surface area is 126 Å². The second-order valence-corrected chi connectivity index (χ2v) is 6.23. The number of nitrogens with two attached hydrogens (primary N) is 1. The van der Waals surface area contributed by atoms with E-state index in [4.69, 9.17) is 5.73 Å². The van der Waals surface area contributed by atoms with Gasteiger partial charge in [-0.2, -0.15) is 0 Å². The Bertz CT molecular complexity index is 472. The van der Waals surface area contributed by atoms with E-state index in [1.807, 2.05) is 4.90 Å². The minimum atomic E-state index is 0.0927.